The lowest BCUT2D eigenvalue weighted by molar-refractivity contribution is 0.914. The number of hydrogen-bond acceptors (Lipinski definition) is 2. The second kappa shape index (κ2) is 1.67. The average Bonchev–Trinajstić information content (AvgIpc) is 0.722. The highest BCUT2D eigenvalue weighted by atomic mass is 33.1. The summed E-state index contributed by atoms with van der Waals surface area (Å²) < 4.78 is 11.4. The molecule has 32 valence electrons. The normalized spacial score (nSPS) is 12.0. The first-order valence-electron chi connectivity index (χ1n) is 0.981. The molecule has 0 radical (unpaired) electrons. The van der Waals surface area contributed by atoms with Crippen molar-refractivity contribution in [1.82, 2.24) is 0 Å². The monoisotopic (exact) mass is 129 g/mol. The predicted molar refractivity (Wildman–Crippen MR) is 28.7 cm³/mol. The van der Waals surface area contributed by atoms with Crippen molar-refractivity contribution in [2.75, 3.05) is 6.66 Å². The highest BCUT2D eigenvalue weighted by molar-refractivity contribution is 8.71. The molecule has 0 amide bonds. The maximum Gasteiger partial charge on any atom is 0.0417 e. The van der Waals surface area contributed by atoms with E-state index in [2.05, 4.69) is 24.5 Å². The molecule has 0 aliphatic rings. The second-order valence-corrected chi connectivity index (χ2v) is 7.05. The van der Waals surface area contributed by atoms with Gasteiger partial charge in [0.25, 0.3) is 0 Å². The molecule has 0 aromatic heterocycles. The Labute approximate surface area is 41.9 Å². The van der Waals surface area contributed by atoms with Gasteiger partial charge in [-0.1, -0.05) is 0 Å². The Bertz CT molecular complexity index is 25.1. The first kappa shape index (κ1) is 6.06. The van der Waals surface area contributed by atoms with E-state index in [1.807, 2.05) is 0 Å². The Kier molecular flexibility index (Phi) is 2.03. The maximum atomic E-state index is 11.4. The summed E-state index contributed by atoms with van der Waals surface area (Å²) in [5.74, 6) is -2.72. The third-order valence-electron chi connectivity index (χ3n) is 0. The molecule has 0 heterocycles. The topological polar surface area (TPSA) is 0 Å². The van der Waals surface area contributed by atoms with E-state index in [0.29, 0.717) is 0 Å². The van der Waals surface area contributed by atoms with Crippen LogP contribution in [0.2, 0.25) is 0 Å². The first-order chi connectivity index (χ1) is 2.00. The van der Waals surface area contributed by atoms with E-state index in [1.54, 1.807) is 0 Å². The number of halogens is 1. The summed E-state index contributed by atoms with van der Waals surface area (Å²) in [6.07, 6.45) is 0. The first-order valence-corrected chi connectivity index (χ1v) is 5.14. The fourth-order valence-corrected chi connectivity index (χ4v) is 0. The highest BCUT2D eigenvalue weighted by Crippen LogP contribution is 2.51. The zero-order valence-corrected chi connectivity index (χ0v) is 5.17. The van der Waals surface area contributed by atoms with Crippen molar-refractivity contribution < 1.29 is 4.20 Å². The van der Waals surface area contributed by atoms with Gasteiger partial charge in [0, 0.05) is 6.66 Å². The van der Waals surface area contributed by atoms with Crippen molar-refractivity contribution in [3.8, 4) is 0 Å². The minimum Gasteiger partial charge on any atom is -0.542 e. The summed E-state index contributed by atoms with van der Waals surface area (Å²) in [6, 6.07) is 0. The molecule has 0 aromatic carbocycles. The molecule has 0 saturated heterocycles. The van der Waals surface area contributed by atoms with Crippen molar-refractivity contribution in [1.29, 1.82) is 0 Å². The molecule has 0 aromatic rings. The van der Waals surface area contributed by atoms with E-state index in [0.717, 1.165) is 0 Å². The highest BCUT2D eigenvalue weighted by Gasteiger charge is 1.85. The molecule has 0 aliphatic heterocycles. The number of rotatable bonds is 0. The van der Waals surface area contributed by atoms with Crippen LogP contribution in [0, 0.1) is 0 Å². The molecule has 0 fully saturated rings. The summed E-state index contributed by atoms with van der Waals surface area (Å²) >= 11 is 8.17. The van der Waals surface area contributed by atoms with Crippen molar-refractivity contribution in [3.05, 3.63) is 0 Å². The zero-order valence-electron chi connectivity index (χ0n) is 2.64. The molecule has 0 nitrogen and oxygen atoms in total. The third kappa shape index (κ3) is 42.2. The van der Waals surface area contributed by atoms with Crippen molar-refractivity contribution in [2.24, 2.45) is 0 Å². The molecular formula is CH3FPS2-. The van der Waals surface area contributed by atoms with Gasteiger partial charge in [-0.3, -0.25) is 0 Å². The van der Waals surface area contributed by atoms with Gasteiger partial charge in [0.05, 0.1) is 0 Å². The Balaban J connectivity index is 3.02. The van der Waals surface area contributed by atoms with Crippen LogP contribution in [-0.2, 0) is 24.5 Å². The van der Waals surface area contributed by atoms with E-state index >= 15 is 0 Å². The van der Waals surface area contributed by atoms with Gasteiger partial charge in [-0.2, -0.15) is 0 Å². The molecule has 0 spiro atoms. The summed E-state index contributed by atoms with van der Waals surface area (Å²) in [5, 5.41) is 0. The van der Waals surface area contributed by atoms with Gasteiger partial charge in [0.2, 0.25) is 0 Å². The van der Waals surface area contributed by atoms with Gasteiger partial charge >= 0.3 is 0 Å². The van der Waals surface area contributed by atoms with Gasteiger partial charge in [-0.15, -0.1) is 4.20 Å². The van der Waals surface area contributed by atoms with Crippen LogP contribution in [0.5, 0.6) is 0 Å². The summed E-state index contributed by atoms with van der Waals surface area (Å²) in [6.45, 7) is 1.26. The predicted octanol–water partition coefficient (Wildman–Crippen LogP) is 1.44. The second-order valence-electron chi connectivity index (χ2n) is 0.747. The summed E-state index contributed by atoms with van der Waals surface area (Å²) in [5.41, 5.74) is 0. The quantitative estimate of drug-likeness (QED) is 0.358. The smallest absolute Gasteiger partial charge is 0.0417 e. The Morgan fingerprint density at radius 1 is 1.60 bits per heavy atom. The molecular weight excluding hydrogens is 126 g/mol. The molecule has 5 heavy (non-hydrogen) atoms. The maximum absolute atomic E-state index is 11.4. The van der Waals surface area contributed by atoms with Crippen LogP contribution in [0.1, 0.15) is 0 Å². The average molecular weight is 129 g/mol. The van der Waals surface area contributed by atoms with Gasteiger partial charge in [0.1, 0.15) is 0 Å². The molecule has 0 unspecified atom stereocenters. The lowest BCUT2D eigenvalue weighted by Crippen LogP contribution is -1.60. The van der Waals surface area contributed by atoms with Crippen molar-refractivity contribution in [2.45, 2.75) is 0 Å². The van der Waals surface area contributed by atoms with E-state index < -0.39 is 5.98 Å². The Morgan fingerprint density at radius 3 is 1.60 bits per heavy atom. The summed E-state index contributed by atoms with van der Waals surface area (Å²) in [7, 11) is 0. The van der Waals surface area contributed by atoms with Crippen LogP contribution < -0.4 is 0 Å². The van der Waals surface area contributed by atoms with Crippen LogP contribution in [0.15, 0.2) is 0 Å². The minimum atomic E-state index is -2.72. The van der Waals surface area contributed by atoms with Gasteiger partial charge < -0.3 is 24.5 Å². The van der Waals surface area contributed by atoms with Crippen LogP contribution in [0.3, 0.4) is 0 Å². The van der Waals surface area contributed by atoms with Crippen LogP contribution in [0.25, 0.3) is 0 Å². The minimum absolute atomic E-state index is 1.26. The van der Waals surface area contributed by atoms with E-state index in [9.17, 15) is 4.20 Å². The van der Waals surface area contributed by atoms with Crippen LogP contribution >= 0.6 is 5.98 Å². The standard InChI is InChI=1S/CH4FPS2/c1-3(2,4)5/h1H3,(H,4,5)/p-1. The largest absolute Gasteiger partial charge is 0.542 e. The van der Waals surface area contributed by atoms with E-state index in [1.165, 1.54) is 6.66 Å². The SMILES string of the molecule is C[P+](F)([S-])[S-]. The van der Waals surface area contributed by atoms with Crippen molar-refractivity contribution in [3.63, 3.8) is 0 Å². The molecule has 0 bridgehead atoms. The lowest BCUT2D eigenvalue weighted by Gasteiger charge is -2.19. The van der Waals surface area contributed by atoms with Gasteiger partial charge in [-0.05, 0) is 5.98 Å². The zero-order chi connectivity index (χ0) is 4.50. The molecule has 0 atom stereocenters. The molecule has 0 saturated carbocycles. The van der Waals surface area contributed by atoms with Gasteiger partial charge in [-0.25, -0.2) is 0 Å². The summed E-state index contributed by atoms with van der Waals surface area (Å²) in [4.78, 5) is 0. The van der Waals surface area contributed by atoms with Crippen LogP contribution in [0.4, 0.5) is 4.20 Å². The number of hydrogen-bond donors (Lipinski definition) is 0. The lowest BCUT2D eigenvalue weighted by atomic mass is 12.0. The molecule has 4 heteroatoms. The van der Waals surface area contributed by atoms with Crippen LogP contribution in [-0.4, -0.2) is 6.66 Å². The van der Waals surface area contributed by atoms with Crippen molar-refractivity contribution >= 4 is 30.5 Å². The Hall–Kier alpha value is 1.06. The van der Waals surface area contributed by atoms with E-state index in [4.69, 9.17) is 0 Å². The fraction of sp³-hybridized carbons (Fsp3) is 1.00. The van der Waals surface area contributed by atoms with Gasteiger partial charge in [0.15, 0.2) is 0 Å². The molecule has 0 aliphatic carbocycles. The molecule has 0 N–H and O–H groups in total. The molecule has 0 rings (SSSR count). The third-order valence-corrected chi connectivity index (χ3v) is 0. The Morgan fingerprint density at radius 2 is 1.60 bits per heavy atom. The fourth-order valence-electron chi connectivity index (χ4n) is 0. The van der Waals surface area contributed by atoms with E-state index in [-0.39, 0.29) is 0 Å².